The van der Waals surface area contributed by atoms with Crippen molar-refractivity contribution in [3.8, 4) is 0 Å². The van der Waals surface area contributed by atoms with E-state index in [-0.39, 0.29) is 28.7 Å². The lowest BCUT2D eigenvalue weighted by atomic mass is 9.53. The van der Waals surface area contributed by atoms with Crippen molar-refractivity contribution in [1.82, 2.24) is 15.2 Å². The summed E-state index contributed by atoms with van der Waals surface area (Å²) in [6.45, 7) is 11.1. The molecule has 1 aromatic heterocycles. The second-order valence-corrected chi connectivity index (χ2v) is 15.5. The van der Waals surface area contributed by atoms with Gasteiger partial charge in [-0.25, -0.2) is 0 Å². The van der Waals surface area contributed by atoms with Crippen molar-refractivity contribution in [2.45, 2.75) is 103 Å². The summed E-state index contributed by atoms with van der Waals surface area (Å²) in [5, 5.41) is 4.86. The number of nitrogens with one attached hydrogen (secondary N) is 2. The Labute approximate surface area is 250 Å². The minimum Gasteiger partial charge on any atom is -0.358 e. The zero-order valence-electron chi connectivity index (χ0n) is 26.0. The maximum absolute atomic E-state index is 14.4. The van der Waals surface area contributed by atoms with Gasteiger partial charge in [-0.05, 0) is 111 Å². The van der Waals surface area contributed by atoms with E-state index in [9.17, 15) is 9.59 Å². The summed E-state index contributed by atoms with van der Waals surface area (Å²) < 4.78 is 0. The fourth-order valence-electron chi connectivity index (χ4n) is 9.84. The summed E-state index contributed by atoms with van der Waals surface area (Å²) in [5.74, 6) is 2.87. The maximum atomic E-state index is 14.4. The minimum absolute atomic E-state index is 0.00723. The van der Waals surface area contributed by atoms with Crippen LogP contribution in [0.3, 0.4) is 0 Å². The molecule has 5 heteroatoms. The van der Waals surface area contributed by atoms with Crippen LogP contribution in [-0.2, 0) is 16.1 Å². The Balaban J connectivity index is 1.14. The molecule has 5 fully saturated rings. The van der Waals surface area contributed by atoms with Gasteiger partial charge in [0.05, 0.1) is 0 Å². The van der Waals surface area contributed by atoms with Gasteiger partial charge in [-0.1, -0.05) is 62.4 Å². The van der Waals surface area contributed by atoms with E-state index >= 15 is 0 Å². The first-order chi connectivity index (χ1) is 20.0. The third-order valence-corrected chi connectivity index (χ3v) is 11.8. The van der Waals surface area contributed by atoms with Crippen molar-refractivity contribution in [1.29, 1.82) is 0 Å². The number of aryl methyl sites for hydroxylation is 1. The molecule has 1 heterocycles. The molecule has 0 spiro atoms. The molecular formula is C37H47N3O2. The lowest BCUT2D eigenvalue weighted by Gasteiger charge is -2.57. The monoisotopic (exact) mass is 565 g/mol. The van der Waals surface area contributed by atoms with Crippen LogP contribution in [0.25, 0.3) is 10.9 Å². The average Bonchev–Trinajstić information content (AvgIpc) is 3.27. The van der Waals surface area contributed by atoms with Crippen LogP contribution in [0.2, 0.25) is 0 Å². The second-order valence-electron chi connectivity index (χ2n) is 15.5. The molecular weight excluding hydrogens is 518 g/mol. The number of para-hydroxylation sites is 1. The molecule has 2 N–H and O–H groups in total. The summed E-state index contributed by atoms with van der Waals surface area (Å²) in [7, 11) is 0. The fraction of sp³-hybridized carbons (Fsp3) is 0.568. The molecule has 5 saturated carbocycles. The lowest BCUT2D eigenvalue weighted by molar-refractivity contribution is -0.150. The summed E-state index contributed by atoms with van der Waals surface area (Å²) in [6, 6.07) is 18.6. The van der Waals surface area contributed by atoms with Gasteiger partial charge in [0.15, 0.2) is 0 Å². The molecule has 4 bridgehead atoms. The van der Waals surface area contributed by atoms with Gasteiger partial charge in [-0.2, -0.15) is 0 Å². The van der Waals surface area contributed by atoms with Gasteiger partial charge in [0.25, 0.3) is 0 Å². The van der Waals surface area contributed by atoms with Crippen LogP contribution in [0.4, 0.5) is 0 Å². The number of carbonyl (C=O) groups excluding carboxylic acids is 2. The molecule has 5 aliphatic carbocycles. The first-order valence-corrected chi connectivity index (χ1v) is 16.2. The third kappa shape index (κ3) is 4.59. The number of hydrogen-bond donors (Lipinski definition) is 2. The van der Waals surface area contributed by atoms with Gasteiger partial charge in [-0.3, -0.25) is 9.59 Å². The molecule has 5 aliphatic rings. The van der Waals surface area contributed by atoms with E-state index in [1.165, 1.54) is 35.9 Å². The number of rotatable bonds is 8. The Morgan fingerprint density at radius 3 is 2.17 bits per heavy atom. The van der Waals surface area contributed by atoms with Crippen LogP contribution in [-0.4, -0.2) is 32.8 Å². The van der Waals surface area contributed by atoms with Crippen LogP contribution in [0.1, 0.15) is 95.4 Å². The Morgan fingerprint density at radius 1 is 0.929 bits per heavy atom. The number of carbonyl (C=O) groups is 2. The molecule has 2 aromatic carbocycles. The Hall–Kier alpha value is -3.08. The van der Waals surface area contributed by atoms with Crippen LogP contribution in [0.5, 0.6) is 0 Å². The first kappa shape index (κ1) is 27.7. The Kier molecular flexibility index (Phi) is 6.42. The number of hydrogen-bond acceptors (Lipinski definition) is 2. The molecule has 5 nitrogen and oxygen atoms in total. The van der Waals surface area contributed by atoms with Gasteiger partial charge in [-0.15, -0.1) is 0 Å². The molecule has 2 atom stereocenters. The largest absolute Gasteiger partial charge is 0.358 e. The summed E-state index contributed by atoms with van der Waals surface area (Å²) in [5.41, 5.74) is 3.73. The highest BCUT2D eigenvalue weighted by molar-refractivity contribution is 5.92. The van der Waals surface area contributed by atoms with Gasteiger partial charge in [0.1, 0.15) is 5.54 Å². The highest BCUT2D eigenvalue weighted by atomic mass is 16.2. The van der Waals surface area contributed by atoms with Crippen molar-refractivity contribution < 1.29 is 9.59 Å². The Morgan fingerprint density at radius 2 is 1.52 bits per heavy atom. The van der Waals surface area contributed by atoms with E-state index in [4.69, 9.17) is 0 Å². The SMILES string of the molecule is Cc1[nH]c2ccccc2c1[C@H]1[C@H](CC(=O)N(Cc2ccccc2)C(C)(C)C(=O)NC23CC4CC(CC(C4)C2)C3)C1(C)C. The number of aromatic nitrogens is 1. The van der Waals surface area contributed by atoms with E-state index in [2.05, 4.69) is 67.5 Å². The van der Waals surface area contributed by atoms with Gasteiger partial charge in [0.2, 0.25) is 11.8 Å². The van der Waals surface area contributed by atoms with E-state index in [1.807, 2.05) is 36.9 Å². The van der Waals surface area contributed by atoms with Crippen LogP contribution in [0.15, 0.2) is 54.6 Å². The van der Waals surface area contributed by atoms with Crippen LogP contribution < -0.4 is 5.32 Å². The van der Waals surface area contributed by atoms with E-state index in [0.29, 0.717) is 18.9 Å². The quantitative estimate of drug-likeness (QED) is 0.297. The molecule has 0 radical (unpaired) electrons. The molecule has 42 heavy (non-hydrogen) atoms. The van der Waals surface area contributed by atoms with Crippen molar-refractivity contribution in [3.05, 3.63) is 71.4 Å². The predicted octanol–water partition coefficient (Wildman–Crippen LogP) is 7.50. The minimum atomic E-state index is -0.957. The molecule has 0 aliphatic heterocycles. The molecule has 222 valence electrons. The second kappa shape index (κ2) is 9.72. The van der Waals surface area contributed by atoms with Gasteiger partial charge in [0, 0.05) is 35.1 Å². The Bertz CT molecular complexity index is 1480. The molecule has 3 aromatic rings. The number of fused-ring (bicyclic) bond motifs is 1. The van der Waals surface area contributed by atoms with Crippen LogP contribution >= 0.6 is 0 Å². The fourth-order valence-corrected chi connectivity index (χ4v) is 9.84. The summed E-state index contributed by atoms with van der Waals surface area (Å²) in [6.07, 6.45) is 7.78. The lowest BCUT2D eigenvalue weighted by Crippen LogP contribution is -2.65. The van der Waals surface area contributed by atoms with E-state index < -0.39 is 5.54 Å². The van der Waals surface area contributed by atoms with Crippen molar-refractivity contribution in [2.75, 3.05) is 0 Å². The molecule has 0 unspecified atom stereocenters. The van der Waals surface area contributed by atoms with E-state index in [0.717, 1.165) is 48.1 Å². The first-order valence-electron chi connectivity index (χ1n) is 16.2. The van der Waals surface area contributed by atoms with Crippen molar-refractivity contribution in [3.63, 3.8) is 0 Å². The number of nitrogens with zero attached hydrogens (tertiary/aromatic N) is 1. The summed E-state index contributed by atoms with van der Waals surface area (Å²) >= 11 is 0. The number of H-pyrrole nitrogens is 1. The maximum Gasteiger partial charge on any atom is 0.245 e. The third-order valence-electron chi connectivity index (χ3n) is 11.8. The number of benzene rings is 2. The van der Waals surface area contributed by atoms with Gasteiger partial charge < -0.3 is 15.2 Å². The molecule has 0 saturated heterocycles. The smallest absolute Gasteiger partial charge is 0.245 e. The van der Waals surface area contributed by atoms with Crippen molar-refractivity contribution in [2.24, 2.45) is 29.1 Å². The van der Waals surface area contributed by atoms with E-state index in [1.54, 1.807) is 0 Å². The van der Waals surface area contributed by atoms with Crippen molar-refractivity contribution >= 4 is 22.7 Å². The molecule has 8 rings (SSSR count). The standard InChI is InChI=1S/C37H47N3O2/c1-23-32(28-13-9-10-14-30(28)38-23)33-29(35(33,2)3)18-31(41)40(22-24-11-7-6-8-12-24)36(4,5)34(42)39-37-19-25-15-26(20-37)17-27(16-25)21-37/h6-14,25-27,29,33,38H,15-22H2,1-5H3,(H,39,42)/t25?,26?,27?,29-,33+,37?/m0/s1. The highest BCUT2D eigenvalue weighted by Gasteiger charge is 2.60. The summed E-state index contributed by atoms with van der Waals surface area (Å²) in [4.78, 5) is 34.1. The number of amides is 2. The zero-order valence-corrected chi connectivity index (χ0v) is 26.0. The highest BCUT2D eigenvalue weighted by Crippen LogP contribution is 2.67. The zero-order chi connectivity index (χ0) is 29.4. The number of aromatic amines is 1. The average molecular weight is 566 g/mol. The van der Waals surface area contributed by atoms with Gasteiger partial charge >= 0.3 is 0 Å². The normalized spacial score (nSPS) is 30.8. The molecule has 2 amide bonds. The topological polar surface area (TPSA) is 65.2 Å². The van der Waals surface area contributed by atoms with Crippen LogP contribution in [0, 0.1) is 36.0 Å². The predicted molar refractivity (Wildman–Crippen MR) is 168 cm³/mol.